The maximum absolute atomic E-state index is 13.8. The summed E-state index contributed by atoms with van der Waals surface area (Å²) in [5.74, 6) is -1.12. The Morgan fingerprint density at radius 3 is 2.38 bits per heavy atom. The fraction of sp³-hybridized carbons (Fsp3) is 0.571. The Hall–Kier alpha value is -0.390. The van der Waals surface area contributed by atoms with E-state index in [0.29, 0.717) is 12.0 Å². The standard InChI is InChI=1S/C14H16Cl2F2O2S/c15-8-14(9-16,11-3-4-21(19,20)7-11)6-10-1-2-12(17)5-13(10)18/h1-2,5,11H,3-4,6-9H2. The first kappa shape index (κ1) is 17.0. The molecule has 1 atom stereocenters. The van der Waals surface area contributed by atoms with Gasteiger partial charge in [0.05, 0.1) is 11.5 Å². The number of halogens is 4. The minimum Gasteiger partial charge on any atom is -0.229 e. The van der Waals surface area contributed by atoms with Crippen molar-refractivity contribution in [1.82, 2.24) is 0 Å². The molecular formula is C14H16Cl2F2O2S. The molecule has 1 fully saturated rings. The number of hydrogen-bond acceptors (Lipinski definition) is 2. The van der Waals surface area contributed by atoms with E-state index < -0.39 is 26.9 Å². The van der Waals surface area contributed by atoms with Crippen LogP contribution in [0.15, 0.2) is 18.2 Å². The summed E-state index contributed by atoms with van der Waals surface area (Å²) in [4.78, 5) is 0. The van der Waals surface area contributed by atoms with E-state index in [9.17, 15) is 17.2 Å². The topological polar surface area (TPSA) is 34.1 Å². The van der Waals surface area contributed by atoms with E-state index in [1.54, 1.807) is 0 Å². The normalized spacial score (nSPS) is 21.6. The minimum atomic E-state index is -3.08. The van der Waals surface area contributed by atoms with Gasteiger partial charge in [-0.25, -0.2) is 17.2 Å². The minimum absolute atomic E-state index is 0.0231. The van der Waals surface area contributed by atoms with Crippen molar-refractivity contribution >= 4 is 33.0 Å². The fourth-order valence-electron chi connectivity index (χ4n) is 2.82. The van der Waals surface area contributed by atoms with Gasteiger partial charge in [-0.3, -0.25) is 0 Å². The predicted molar refractivity (Wildman–Crippen MR) is 80.7 cm³/mol. The fourth-order valence-corrected chi connectivity index (χ4v) is 5.67. The first-order valence-corrected chi connectivity index (χ1v) is 9.47. The van der Waals surface area contributed by atoms with Crippen LogP contribution in [0.1, 0.15) is 12.0 Å². The molecule has 0 N–H and O–H groups in total. The molecule has 0 aromatic heterocycles. The number of sulfone groups is 1. The van der Waals surface area contributed by atoms with Gasteiger partial charge in [-0.15, -0.1) is 23.2 Å². The van der Waals surface area contributed by atoms with Crippen molar-refractivity contribution in [2.45, 2.75) is 12.8 Å². The van der Waals surface area contributed by atoms with Gasteiger partial charge in [-0.2, -0.15) is 0 Å². The van der Waals surface area contributed by atoms with Crippen molar-refractivity contribution in [2.24, 2.45) is 11.3 Å². The van der Waals surface area contributed by atoms with Gasteiger partial charge in [0.25, 0.3) is 0 Å². The van der Waals surface area contributed by atoms with Gasteiger partial charge in [0.15, 0.2) is 9.84 Å². The third-order valence-corrected chi connectivity index (χ3v) is 7.02. The second-order valence-corrected chi connectivity index (χ2v) is 8.41. The molecule has 0 bridgehead atoms. The maximum atomic E-state index is 13.8. The molecule has 1 aliphatic heterocycles. The molecule has 0 spiro atoms. The van der Waals surface area contributed by atoms with Crippen molar-refractivity contribution in [3.05, 3.63) is 35.4 Å². The molecule has 1 unspecified atom stereocenters. The second-order valence-electron chi connectivity index (χ2n) is 5.64. The van der Waals surface area contributed by atoms with Gasteiger partial charge in [0, 0.05) is 23.2 Å². The SMILES string of the molecule is O=S1(=O)CCC(C(CCl)(CCl)Cc2ccc(F)cc2F)C1. The van der Waals surface area contributed by atoms with Crippen LogP contribution < -0.4 is 0 Å². The van der Waals surface area contributed by atoms with Crippen LogP contribution in [0.3, 0.4) is 0 Å². The molecule has 2 nitrogen and oxygen atoms in total. The van der Waals surface area contributed by atoms with E-state index in [0.717, 1.165) is 6.07 Å². The van der Waals surface area contributed by atoms with Gasteiger partial charge in [0.2, 0.25) is 0 Å². The molecule has 1 aromatic carbocycles. The average Bonchev–Trinajstić information content (AvgIpc) is 2.79. The Bertz CT molecular complexity index is 615. The second kappa shape index (κ2) is 6.39. The van der Waals surface area contributed by atoms with E-state index in [4.69, 9.17) is 23.2 Å². The van der Waals surface area contributed by atoms with E-state index >= 15 is 0 Å². The highest BCUT2D eigenvalue weighted by Gasteiger charge is 2.44. The number of alkyl halides is 2. The van der Waals surface area contributed by atoms with E-state index in [1.807, 2.05) is 0 Å². The summed E-state index contributed by atoms with van der Waals surface area (Å²) in [5, 5.41) is 0. The smallest absolute Gasteiger partial charge is 0.150 e. The van der Waals surface area contributed by atoms with Crippen LogP contribution in [0.25, 0.3) is 0 Å². The molecule has 118 valence electrons. The Kier molecular flexibility index (Phi) is 5.16. The summed E-state index contributed by atoms with van der Waals surface area (Å²) in [6.45, 7) is 0. The molecule has 7 heteroatoms. The average molecular weight is 357 g/mol. The maximum Gasteiger partial charge on any atom is 0.150 e. The highest BCUT2D eigenvalue weighted by Crippen LogP contribution is 2.41. The molecule has 0 radical (unpaired) electrons. The number of benzene rings is 1. The largest absolute Gasteiger partial charge is 0.229 e. The van der Waals surface area contributed by atoms with Crippen LogP contribution in [0, 0.1) is 23.0 Å². The summed E-state index contributed by atoms with van der Waals surface area (Å²) in [7, 11) is -3.08. The van der Waals surface area contributed by atoms with Crippen LogP contribution in [0.4, 0.5) is 8.78 Å². The summed E-state index contributed by atoms with van der Waals surface area (Å²) >= 11 is 12.1. The third kappa shape index (κ3) is 3.69. The summed E-state index contributed by atoms with van der Waals surface area (Å²) in [6, 6.07) is 3.35. The lowest BCUT2D eigenvalue weighted by Crippen LogP contribution is -2.38. The lowest BCUT2D eigenvalue weighted by Gasteiger charge is -2.35. The third-order valence-electron chi connectivity index (χ3n) is 4.19. The molecular weight excluding hydrogens is 341 g/mol. The molecule has 0 amide bonds. The zero-order valence-electron chi connectivity index (χ0n) is 11.3. The van der Waals surface area contributed by atoms with Gasteiger partial charge >= 0.3 is 0 Å². The monoisotopic (exact) mass is 356 g/mol. The predicted octanol–water partition coefficient (Wildman–Crippen LogP) is 3.41. The Labute approximate surface area is 133 Å². The molecule has 2 rings (SSSR count). The lowest BCUT2D eigenvalue weighted by molar-refractivity contribution is 0.242. The van der Waals surface area contributed by atoms with Crippen molar-refractivity contribution in [2.75, 3.05) is 23.3 Å². The van der Waals surface area contributed by atoms with E-state index in [-0.39, 0.29) is 35.6 Å². The van der Waals surface area contributed by atoms with Crippen molar-refractivity contribution < 1.29 is 17.2 Å². The Morgan fingerprint density at radius 1 is 1.24 bits per heavy atom. The zero-order valence-corrected chi connectivity index (χ0v) is 13.6. The van der Waals surface area contributed by atoms with Gasteiger partial charge in [-0.05, 0) is 30.4 Å². The lowest BCUT2D eigenvalue weighted by atomic mass is 9.73. The first-order chi connectivity index (χ1) is 9.82. The Balaban J connectivity index is 2.30. The summed E-state index contributed by atoms with van der Waals surface area (Å²) in [6.07, 6.45) is 0.677. The summed E-state index contributed by atoms with van der Waals surface area (Å²) in [5.41, 5.74) is -0.396. The van der Waals surface area contributed by atoms with Crippen LogP contribution >= 0.6 is 23.2 Å². The molecule has 1 saturated heterocycles. The molecule has 1 aliphatic rings. The van der Waals surface area contributed by atoms with Crippen LogP contribution in [-0.2, 0) is 16.3 Å². The van der Waals surface area contributed by atoms with Crippen LogP contribution in [0.2, 0.25) is 0 Å². The number of hydrogen-bond donors (Lipinski definition) is 0. The van der Waals surface area contributed by atoms with Gasteiger partial charge in [0.1, 0.15) is 11.6 Å². The highest BCUT2D eigenvalue weighted by atomic mass is 35.5. The van der Waals surface area contributed by atoms with Gasteiger partial charge in [-0.1, -0.05) is 6.07 Å². The quantitative estimate of drug-likeness (QED) is 0.757. The van der Waals surface area contributed by atoms with Crippen LogP contribution in [0.5, 0.6) is 0 Å². The van der Waals surface area contributed by atoms with Crippen molar-refractivity contribution in [1.29, 1.82) is 0 Å². The first-order valence-electron chi connectivity index (χ1n) is 6.58. The molecule has 0 saturated carbocycles. The summed E-state index contributed by atoms with van der Waals surface area (Å²) < 4.78 is 50.2. The number of rotatable bonds is 5. The van der Waals surface area contributed by atoms with Crippen LogP contribution in [-0.4, -0.2) is 31.7 Å². The highest BCUT2D eigenvalue weighted by molar-refractivity contribution is 7.91. The molecule has 1 aromatic rings. The van der Waals surface area contributed by atoms with Gasteiger partial charge < -0.3 is 0 Å². The Morgan fingerprint density at radius 2 is 1.90 bits per heavy atom. The van der Waals surface area contributed by atoms with Crippen molar-refractivity contribution in [3.8, 4) is 0 Å². The van der Waals surface area contributed by atoms with E-state index in [2.05, 4.69) is 0 Å². The molecule has 21 heavy (non-hydrogen) atoms. The zero-order chi connectivity index (χ0) is 15.7. The van der Waals surface area contributed by atoms with E-state index in [1.165, 1.54) is 12.1 Å². The van der Waals surface area contributed by atoms with Crippen molar-refractivity contribution in [3.63, 3.8) is 0 Å². The molecule has 1 heterocycles. The molecule has 0 aliphatic carbocycles.